The quantitative estimate of drug-likeness (QED) is 0.480. The lowest BCUT2D eigenvalue weighted by molar-refractivity contribution is 0.0945. The topological polar surface area (TPSA) is 95.3 Å². The number of aromatic nitrogens is 2. The highest BCUT2D eigenvalue weighted by molar-refractivity contribution is 6.58. The molecule has 0 radical (unpaired) electrons. The van der Waals surface area contributed by atoms with Gasteiger partial charge in [-0.25, -0.2) is 9.97 Å². The first-order chi connectivity index (χ1) is 6.65. The van der Waals surface area contributed by atoms with Crippen LogP contribution < -0.4 is 10.8 Å². The van der Waals surface area contributed by atoms with Crippen molar-refractivity contribution in [3.8, 4) is 0 Å². The lowest BCUT2D eigenvalue weighted by Crippen LogP contribution is -2.32. The molecule has 0 aliphatic carbocycles. The molecule has 14 heavy (non-hydrogen) atoms. The average molecular weight is 195 g/mol. The molecule has 0 unspecified atom stereocenters. The van der Waals surface area contributed by atoms with Crippen LogP contribution in [0.25, 0.3) is 0 Å². The molecule has 0 aliphatic heterocycles. The second kappa shape index (κ2) is 4.68. The summed E-state index contributed by atoms with van der Waals surface area (Å²) in [6.45, 7) is 2.27. The Balaban J connectivity index is 2.78. The molecule has 0 saturated carbocycles. The Hall–Kier alpha value is -1.47. The van der Waals surface area contributed by atoms with Crippen molar-refractivity contribution in [2.24, 2.45) is 0 Å². The minimum Gasteiger partial charge on any atom is -0.423 e. The Labute approximate surface area is 81.2 Å². The van der Waals surface area contributed by atoms with Crippen LogP contribution >= 0.6 is 0 Å². The highest BCUT2D eigenvalue weighted by Gasteiger charge is 2.13. The third-order valence-corrected chi connectivity index (χ3v) is 1.51. The van der Waals surface area contributed by atoms with Crippen molar-refractivity contribution in [1.82, 2.24) is 15.3 Å². The van der Waals surface area contributed by atoms with Gasteiger partial charge >= 0.3 is 7.12 Å². The Morgan fingerprint density at radius 2 is 2.07 bits per heavy atom. The molecule has 1 amide bonds. The second-order valence-electron chi connectivity index (χ2n) is 2.57. The molecular weight excluding hydrogens is 185 g/mol. The van der Waals surface area contributed by atoms with Gasteiger partial charge in [-0.15, -0.1) is 0 Å². The summed E-state index contributed by atoms with van der Waals surface area (Å²) in [5.41, 5.74) is 0.151. The molecule has 0 saturated heterocycles. The zero-order valence-corrected chi connectivity index (χ0v) is 7.64. The first kappa shape index (κ1) is 10.6. The van der Waals surface area contributed by atoms with Gasteiger partial charge in [-0.05, 0) is 6.92 Å². The summed E-state index contributed by atoms with van der Waals surface area (Å²) in [5.74, 6) is -0.372. The van der Waals surface area contributed by atoms with E-state index in [1.165, 1.54) is 12.4 Å². The number of nitrogens with one attached hydrogen (secondary N) is 1. The summed E-state index contributed by atoms with van der Waals surface area (Å²) < 4.78 is 0. The standard InChI is InChI=1S/C7H10BN3O3/c1-2-9-7(12)6-10-3-5(4-11-6)8(13)14/h3-4,13-14H,2H2,1H3,(H,9,12). The molecule has 0 aliphatic rings. The number of nitrogens with zero attached hydrogens (tertiary/aromatic N) is 2. The number of rotatable bonds is 3. The predicted molar refractivity (Wildman–Crippen MR) is 49.9 cm³/mol. The average Bonchev–Trinajstić information content (AvgIpc) is 2.18. The fourth-order valence-electron chi connectivity index (χ4n) is 0.828. The van der Waals surface area contributed by atoms with Crippen LogP contribution in [0.1, 0.15) is 17.5 Å². The molecule has 1 heterocycles. The first-order valence-corrected chi connectivity index (χ1v) is 4.11. The Morgan fingerprint density at radius 1 is 1.50 bits per heavy atom. The van der Waals surface area contributed by atoms with E-state index < -0.39 is 7.12 Å². The van der Waals surface area contributed by atoms with Crippen LogP contribution in [0.15, 0.2) is 12.4 Å². The largest absolute Gasteiger partial charge is 0.491 e. The van der Waals surface area contributed by atoms with Crippen LogP contribution in [0, 0.1) is 0 Å². The van der Waals surface area contributed by atoms with E-state index in [1.807, 2.05) is 0 Å². The number of carbonyl (C=O) groups excluding carboxylic acids is 1. The van der Waals surface area contributed by atoms with Gasteiger partial charge < -0.3 is 15.4 Å². The van der Waals surface area contributed by atoms with Gasteiger partial charge in [0.1, 0.15) is 0 Å². The molecule has 74 valence electrons. The van der Waals surface area contributed by atoms with Gasteiger partial charge in [-0.3, -0.25) is 4.79 Å². The molecule has 1 aromatic heterocycles. The molecule has 3 N–H and O–H groups in total. The molecule has 1 rings (SSSR count). The van der Waals surface area contributed by atoms with Crippen molar-refractivity contribution >= 4 is 18.5 Å². The fraction of sp³-hybridized carbons (Fsp3) is 0.286. The zero-order chi connectivity index (χ0) is 10.6. The van der Waals surface area contributed by atoms with Gasteiger partial charge in [0.2, 0.25) is 5.82 Å². The Bertz CT molecular complexity index is 314. The maximum absolute atomic E-state index is 11.2. The molecule has 0 fully saturated rings. The Morgan fingerprint density at radius 3 is 2.50 bits per heavy atom. The molecule has 7 heteroatoms. The van der Waals surface area contributed by atoms with Crippen LogP contribution in [0.2, 0.25) is 0 Å². The van der Waals surface area contributed by atoms with E-state index in [1.54, 1.807) is 6.92 Å². The number of hydrogen-bond donors (Lipinski definition) is 3. The van der Waals surface area contributed by atoms with Gasteiger partial charge in [-0.2, -0.15) is 0 Å². The van der Waals surface area contributed by atoms with Gasteiger partial charge in [0.05, 0.1) is 0 Å². The van der Waals surface area contributed by atoms with E-state index in [4.69, 9.17) is 10.0 Å². The van der Waals surface area contributed by atoms with Crippen molar-refractivity contribution in [1.29, 1.82) is 0 Å². The Kier molecular flexibility index (Phi) is 3.55. The van der Waals surface area contributed by atoms with E-state index in [0.29, 0.717) is 6.54 Å². The van der Waals surface area contributed by atoms with Gasteiger partial charge in [0.25, 0.3) is 5.91 Å². The molecule has 0 atom stereocenters. The normalized spacial score (nSPS) is 9.64. The lowest BCUT2D eigenvalue weighted by atomic mass is 9.83. The molecular formula is C7H10BN3O3. The van der Waals surface area contributed by atoms with Crippen molar-refractivity contribution in [3.05, 3.63) is 18.2 Å². The summed E-state index contributed by atoms with van der Waals surface area (Å²) in [5, 5.41) is 20.0. The minimum atomic E-state index is -1.61. The van der Waals surface area contributed by atoms with Gasteiger partial charge in [0.15, 0.2) is 0 Å². The number of hydrogen-bond acceptors (Lipinski definition) is 5. The number of amides is 1. The summed E-state index contributed by atoms with van der Waals surface area (Å²) in [6.07, 6.45) is 2.39. The smallest absolute Gasteiger partial charge is 0.423 e. The van der Waals surface area contributed by atoms with Crippen molar-refractivity contribution in [2.45, 2.75) is 6.92 Å². The lowest BCUT2D eigenvalue weighted by Gasteiger charge is -2.01. The molecule has 6 nitrogen and oxygen atoms in total. The first-order valence-electron chi connectivity index (χ1n) is 4.11. The highest BCUT2D eigenvalue weighted by Crippen LogP contribution is 1.86. The van der Waals surface area contributed by atoms with Crippen LogP contribution in [0.4, 0.5) is 0 Å². The van der Waals surface area contributed by atoms with E-state index in [-0.39, 0.29) is 17.2 Å². The maximum atomic E-state index is 11.2. The molecule has 0 spiro atoms. The SMILES string of the molecule is CCNC(=O)c1ncc(B(O)O)cn1. The number of carbonyl (C=O) groups is 1. The van der Waals surface area contributed by atoms with Crippen molar-refractivity contribution in [3.63, 3.8) is 0 Å². The highest BCUT2D eigenvalue weighted by atomic mass is 16.4. The molecule has 0 bridgehead atoms. The third-order valence-electron chi connectivity index (χ3n) is 1.51. The van der Waals surface area contributed by atoms with Crippen molar-refractivity contribution in [2.75, 3.05) is 6.54 Å². The maximum Gasteiger partial charge on any atom is 0.491 e. The predicted octanol–water partition coefficient (Wildman–Crippen LogP) is -2.09. The van der Waals surface area contributed by atoms with Crippen LogP contribution in [-0.4, -0.2) is 39.6 Å². The molecule has 0 aromatic carbocycles. The van der Waals surface area contributed by atoms with E-state index >= 15 is 0 Å². The van der Waals surface area contributed by atoms with Gasteiger partial charge in [0, 0.05) is 24.4 Å². The van der Waals surface area contributed by atoms with Crippen LogP contribution in [0.5, 0.6) is 0 Å². The fourth-order valence-corrected chi connectivity index (χ4v) is 0.828. The zero-order valence-electron chi connectivity index (χ0n) is 7.64. The monoisotopic (exact) mass is 195 g/mol. The minimum absolute atomic E-state index is 0.0104. The van der Waals surface area contributed by atoms with Crippen LogP contribution in [0.3, 0.4) is 0 Å². The summed E-state index contributed by atoms with van der Waals surface area (Å²) in [7, 11) is -1.61. The van der Waals surface area contributed by atoms with E-state index in [2.05, 4.69) is 15.3 Å². The second-order valence-corrected chi connectivity index (χ2v) is 2.57. The van der Waals surface area contributed by atoms with Crippen LogP contribution in [-0.2, 0) is 0 Å². The summed E-state index contributed by atoms with van der Waals surface area (Å²) >= 11 is 0. The summed E-state index contributed by atoms with van der Waals surface area (Å²) in [6, 6.07) is 0. The van der Waals surface area contributed by atoms with E-state index in [9.17, 15) is 4.79 Å². The van der Waals surface area contributed by atoms with Crippen molar-refractivity contribution < 1.29 is 14.8 Å². The molecule has 1 aromatic rings. The van der Waals surface area contributed by atoms with Gasteiger partial charge in [-0.1, -0.05) is 0 Å². The summed E-state index contributed by atoms with van der Waals surface area (Å²) in [4.78, 5) is 18.5. The van der Waals surface area contributed by atoms with E-state index in [0.717, 1.165) is 0 Å². The third kappa shape index (κ3) is 2.51.